The molecule has 29 heavy (non-hydrogen) atoms. The molecule has 0 spiro atoms. The van der Waals surface area contributed by atoms with Gasteiger partial charge in [-0.2, -0.15) is 26.3 Å². The van der Waals surface area contributed by atoms with E-state index in [2.05, 4.69) is 0 Å². The molecule has 1 aromatic carbocycles. The van der Waals surface area contributed by atoms with Gasteiger partial charge in [0.05, 0.1) is 19.6 Å². The van der Waals surface area contributed by atoms with Gasteiger partial charge in [0.1, 0.15) is 0 Å². The average molecular weight is 428 g/mol. The highest BCUT2D eigenvalue weighted by atomic mass is 19.4. The predicted molar refractivity (Wildman–Crippen MR) is 88.7 cm³/mol. The van der Waals surface area contributed by atoms with Crippen LogP contribution in [0.25, 0.3) is 0 Å². The molecular formula is C17H18F6N2O4. The van der Waals surface area contributed by atoms with Crippen molar-refractivity contribution >= 4 is 17.7 Å². The normalized spacial score (nSPS) is 15.5. The Balaban J connectivity index is 2.31. The van der Waals surface area contributed by atoms with Crippen LogP contribution in [0.5, 0.6) is 0 Å². The quantitative estimate of drug-likeness (QED) is 0.728. The molecule has 0 saturated carbocycles. The average Bonchev–Trinajstić information content (AvgIpc) is 2.61. The lowest BCUT2D eigenvalue weighted by Gasteiger charge is -2.33. The molecule has 1 N–H and O–H groups in total. The maximum atomic E-state index is 12.9. The van der Waals surface area contributed by atoms with Crippen LogP contribution in [0.1, 0.15) is 17.9 Å². The number of amides is 2. The number of anilines is 1. The summed E-state index contributed by atoms with van der Waals surface area (Å²) in [6.45, 7) is 0.675. The number of carbonyl (C=O) groups excluding carboxylic acids is 1. The zero-order chi connectivity index (χ0) is 21.8. The van der Waals surface area contributed by atoms with Crippen LogP contribution in [0.15, 0.2) is 24.3 Å². The van der Waals surface area contributed by atoms with Gasteiger partial charge in [-0.05, 0) is 17.7 Å². The van der Waals surface area contributed by atoms with E-state index in [0.29, 0.717) is 12.1 Å². The predicted octanol–water partition coefficient (Wildman–Crippen LogP) is 3.63. The minimum Gasteiger partial charge on any atom is -0.481 e. The lowest BCUT2D eigenvalue weighted by molar-refractivity contribution is -0.253. The monoisotopic (exact) mass is 428 g/mol. The molecule has 1 heterocycles. The van der Waals surface area contributed by atoms with Crippen molar-refractivity contribution in [1.29, 1.82) is 0 Å². The van der Waals surface area contributed by atoms with Gasteiger partial charge in [0.25, 0.3) is 0 Å². The second-order valence-corrected chi connectivity index (χ2v) is 6.29. The minimum atomic E-state index is -5.54. The van der Waals surface area contributed by atoms with E-state index in [1.165, 1.54) is 4.90 Å². The smallest absolute Gasteiger partial charge is 0.404 e. The number of rotatable bonds is 5. The fourth-order valence-electron chi connectivity index (χ4n) is 2.88. The van der Waals surface area contributed by atoms with Gasteiger partial charge in [0.2, 0.25) is 0 Å². The Morgan fingerprint density at radius 2 is 1.55 bits per heavy atom. The van der Waals surface area contributed by atoms with Crippen LogP contribution in [0.4, 0.5) is 36.8 Å². The summed E-state index contributed by atoms with van der Waals surface area (Å²) in [7, 11) is 0. The number of alkyl halides is 6. The Bertz CT molecular complexity index is 700. The summed E-state index contributed by atoms with van der Waals surface area (Å²) in [6, 6.07) is 2.56. The molecular weight excluding hydrogens is 410 g/mol. The number of carbonyl (C=O) groups is 2. The lowest BCUT2D eigenvalue weighted by atomic mass is 9.97. The summed E-state index contributed by atoms with van der Waals surface area (Å²) in [5.41, 5.74) is -1.03. The Hall–Kier alpha value is -2.50. The fraction of sp³-hybridized carbons (Fsp3) is 0.529. The highest BCUT2D eigenvalue weighted by molar-refractivity contribution is 5.92. The number of halogens is 6. The van der Waals surface area contributed by atoms with Crippen molar-refractivity contribution in [3.8, 4) is 0 Å². The number of morpholine rings is 1. The van der Waals surface area contributed by atoms with Gasteiger partial charge in [-0.3, -0.25) is 9.69 Å². The number of carboxylic acids is 1. The zero-order valence-corrected chi connectivity index (χ0v) is 15.0. The van der Waals surface area contributed by atoms with Gasteiger partial charge in [0.15, 0.2) is 5.92 Å². The Labute approximate surface area is 161 Å². The molecule has 0 radical (unpaired) electrons. The van der Waals surface area contributed by atoms with Gasteiger partial charge >= 0.3 is 24.4 Å². The van der Waals surface area contributed by atoms with E-state index >= 15 is 0 Å². The van der Waals surface area contributed by atoms with Crippen molar-refractivity contribution < 1.29 is 45.8 Å². The number of ether oxygens (including phenoxy) is 1. The van der Waals surface area contributed by atoms with E-state index in [4.69, 9.17) is 9.84 Å². The zero-order valence-electron chi connectivity index (χ0n) is 15.0. The van der Waals surface area contributed by atoms with Crippen LogP contribution in [0.3, 0.4) is 0 Å². The maximum absolute atomic E-state index is 12.9. The number of urea groups is 1. The van der Waals surface area contributed by atoms with Crippen molar-refractivity contribution in [3.05, 3.63) is 29.8 Å². The number of nitrogens with zero attached hydrogens (tertiary/aromatic N) is 2. The van der Waals surface area contributed by atoms with Crippen LogP contribution >= 0.6 is 0 Å². The molecule has 0 unspecified atom stereocenters. The molecule has 0 aromatic heterocycles. The number of benzene rings is 1. The number of hydrogen-bond donors (Lipinski definition) is 1. The van der Waals surface area contributed by atoms with Crippen LogP contribution in [-0.2, 0) is 9.53 Å². The number of carboxylic acid groups (broad SMARTS) is 1. The van der Waals surface area contributed by atoms with E-state index in [1.807, 2.05) is 0 Å². The molecule has 1 aliphatic heterocycles. The number of hydrogen-bond acceptors (Lipinski definition) is 3. The lowest BCUT2D eigenvalue weighted by Crippen LogP contribution is -2.49. The van der Waals surface area contributed by atoms with Gasteiger partial charge in [-0.1, -0.05) is 12.1 Å². The molecule has 0 aliphatic carbocycles. The van der Waals surface area contributed by atoms with Crippen LogP contribution < -0.4 is 4.90 Å². The number of aliphatic carboxylic acids is 1. The fourth-order valence-corrected chi connectivity index (χ4v) is 2.88. The van der Waals surface area contributed by atoms with E-state index in [0.717, 1.165) is 17.0 Å². The van der Waals surface area contributed by atoms with Crippen LogP contribution in [-0.4, -0.2) is 67.2 Å². The Morgan fingerprint density at radius 1 is 1.03 bits per heavy atom. The first-order valence-electron chi connectivity index (χ1n) is 8.50. The van der Waals surface area contributed by atoms with Crippen molar-refractivity contribution in [2.45, 2.75) is 24.7 Å². The van der Waals surface area contributed by atoms with Crippen LogP contribution in [0, 0.1) is 0 Å². The molecule has 1 saturated heterocycles. The van der Waals surface area contributed by atoms with E-state index in [1.54, 1.807) is 0 Å². The highest BCUT2D eigenvalue weighted by Gasteiger charge is 2.57. The first kappa shape index (κ1) is 22.8. The first-order valence-corrected chi connectivity index (χ1v) is 8.50. The van der Waals surface area contributed by atoms with E-state index in [-0.39, 0.29) is 38.5 Å². The minimum absolute atomic E-state index is 0.00501. The third kappa shape index (κ3) is 5.99. The summed E-state index contributed by atoms with van der Waals surface area (Å²) in [6.07, 6.45) is -11.5. The Morgan fingerprint density at radius 3 is 2.00 bits per heavy atom. The summed E-state index contributed by atoms with van der Waals surface area (Å²) in [5.74, 6) is -4.87. The van der Waals surface area contributed by atoms with Crippen LogP contribution in [0.2, 0.25) is 0 Å². The molecule has 162 valence electrons. The molecule has 1 aliphatic rings. The standard InChI is InChI=1S/C17H18F6N2O4/c18-16(19,20)14(17(21,22)23)11-1-3-12(4-2-11)25(6-5-13(26)27)15(28)24-7-9-29-10-8-24/h1-4,14H,5-10H2,(H,26,27). The second-order valence-electron chi connectivity index (χ2n) is 6.29. The van der Waals surface area contributed by atoms with Gasteiger partial charge in [-0.15, -0.1) is 0 Å². The molecule has 0 bridgehead atoms. The van der Waals surface area contributed by atoms with Gasteiger partial charge in [-0.25, -0.2) is 4.79 Å². The molecule has 2 rings (SSSR count). The molecule has 0 atom stereocenters. The topological polar surface area (TPSA) is 70.1 Å². The van der Waals surface area contributed by atoms with Crippen molar-refractivity contribution in [2.75, 3.05) is 37.7 Å². The Kier molecular flexibility index (Phi) is 6.98. The summed E-state index contributed by atoms with van der Waals surface area (Å²) < 4.78 is 82.4. The third-order valence-corrected chi connectivity index (χ3v) is 4.25. The van der Waals surface area contributed by atoms with Crippen molar-refractivity contribution in [2.24, 2.45) is 0 Å². The SMILES string of the molecule is O=C(O)CCN(C(=O)N1CCOCC1)c1ccc(C(C(F)(F)F)C(F)(F)F)cc1. The second kappa shape index (κ2) is 8.89. The summed E-state index contributed by atoms with van der Waals surface area (Å²) >= 11 is 0. The molecule has 1 aromatic rings. The summed E-state index contributed by atoms with van der Waals surface area (Å²) in [5, 5.41) is 8.88. The summed E-state index contributed by atoms with van der Waals surface area (Å²) in [4.78, 5) is 26.0. The molecule has 1 fully saturated rings. The first-order chi connectivity index (χ1) is 13.4. The van der Waals surface area contributed by atoms with E-state index < -0.39 is 42.3 Å². The van der Waals surface area contributed by atoms with Gasteiger partial charge in [0, 0.05) is 25.3 Å². The van der Waals surface area contributed by atoms with Crippen molar-refractivity contribution in [1.82, 2.24) is 4.90 Å². The van der Waals surface area contributed by atoms with Gasteiger partial charge < -0.3 is 14.7 Å². The van der Waals surface area contributed by atoms with Crippen molar-refractivity contribution in [3.63, 3.8) is 0 Å². The molecule has 2 amide bonds. The highest BCUT2D eigenvalue weighted by Crippen LogP contribution is 2.46. The van der Waals surface area contributed by atoms with E-state index in [9.17, 15) is 35.9 Å². The molecule has 12 heteroatoms. The maximum Gasteiger partial charge on any atom is 0.404 e. The molecule has 6 nitrogen and oxygen atoms in total. The largest absolute Gasteiger partial charge is 0.481 e. The third-order valence-electron chi connectivity index (χ3n) is 4.25.